The fourth-order valence-electron chi connectivity index (χ4n) is 2.24. The summed E-state index contributed by atoms with van der Waals surface area (Å²) < 4.78 is 2.58. The SMILES string of the molecule is CCC(O)(Cc1ccccc1)c1c(Br)cnn1C. The van der Waals surface area contributed by atoms with Crippen molar-refractivity contribution in [1.82, 2.24) is 9.78 Å². The smallest absolute Gasteiger partial charge is 0.111 e. The van der Waals surface area contributed by atoms with E-state index in [-0.39, 0.29) is 0 Å². The highest BCUT2D eigenvalue weighted by Gasteiger charge is 2.32. The third-order valence-electron chi connectivity index (χ3n) is 3.26. The van der Waals surface area contributed by atoms with Crippen molar-refractivity contribution >= 4 is 15.9 Å². The topological polar surface area (TPSA) is 38.1 Å². The lowest BCUT2D eigenvalue weighted by Crippen LogP contribution is -2.30. The van der Waals surface area contributed by atoms with Gasteiger partial charge in [-0.3, -0.25) is 4.68 Å². The fourth-order valence-corrected chi connectivity index (χ4v) is 2.96. The molecule has 0 fully saturated rings. The number of hydrogen-bond acceptors (Lipinski definition) is 2. The minimum atomic E-state index is -0.897. The van der Waals surface area contributed by atoms with Crippen LogP contribution in [0.1, 0.15) is 24.6 Å². The molecular formula is C14H17BrN2O. The van der Waals surface area contributed by atoms with Crippen molar-refractivity contribution in [3.63, 3.8) is 0 Å². The lowest BCUT2D eigenvalue weighted by molar-refractivity contribution is 0.0238. The first kappa shape index (κ1) is 13.3. The number of aliphatic hydroxyl groups is 1. The molecule has 1 heterocycles. The van der Waals surface area contributed by atoms with Crippen LogP contribution < -0.4 is 0 Å². The van der Waals surface area contributed by atoms with E-state index in [9.17, 15) is 5.11 Å². The van der Waals surface area contributed by atoms with Gasteiger partial charge in [0.05, 0.1) is 16.4 Å². The largest absolute Gasteiger partial charge is 0.383 e. The van der Waals surface area contributed by atoms with Crippen LogP contribution in [0.2, 0.25) is 0 Å². The molecule has 2 aromatic rings. The molecule has 3 nitrogen and oxygen atoms in total. The number of benzene rings is 1. The average molecular weight is 309 g/mol. The van der Waals surface area contributed by atoms with Gasteiger partial charge in [-0.1, -0.05) is 37.3 Å². The van der Waals surface area contributed by atoms with Gasteiger partial charge in [-0.05, 0) is 27.9 Å². The van der Waals surface area contributed by atoms with Crippen molar-refractivity contribution in [3.05, 3.63) is 52.3 Å². The van der Waals surface area contributed by atoms with Crippen LogP contribution in [0, 0.1) is 0 Å². The second kappa shape index (κ2) is 5.24. The summed E-state index contributed by atoms with van der Waals surface area (Å²) in [6, 6.07) is 10.0. The zero-order chi connectivity index (χ0) is 13.2. The van der Waals surface area contributed by atoms with E-state index in [0.29, 0.717) is 12.8 Å². The highest BCUT2D eigenvalue weighted by molar-refractivity contribution is 9.10. The highest BCUT2D eigenvalue weighted by Crippen LogP contribution is 2.33. The Kier molecular flexibility index (Phi) is 3.88. The highest BCUT2D eigenvalue weighted by atomic mass is 79.9. The molecule has 0 saturated heterocycles. The van der Waals surface area contributed by atoms with Crippen molar-refractivity contribution in [3.8, 4) is 0 Å². The summed E-state index contributed by atoms with van der Waals surface area (Å²) in [6.07, 6.45) is 2.95. The van der Waals surface area contributed by atoms with E-state index in [4.69, 9.17) is 0 Å². The Hall–Kier alpha value is -1.13. The van der Waals surface area contributed by atoms with Crippen LogP contribution in [-0.2, 0) is 19.1 Å². The maximum atomic E-state index is 10.9. The molecule has 0 amide bonds. The van der Waals surface area contributed by atoms with E-state index >= 15 is 0 Å². The van der Waals surface area contributed by atoms with E-state index in [0.717, 1.165) is 15.7 Å². The monoisotopic (exact) mass is 308 g/mol. The van der Waals surface area contributed by atoms with Crippen molar-refractivity contribution in [2.24, 2.45) is 7.05 Å². The van der Waals surface area contributed by atoms with Crippen LogP contribution >= 0.6 is 15.9 Å². The van der Waals surface area contributed by atoms with Gasteiger partial charge in [0.1, 0.15) is 5.60 Å². The average Bonchev–Trinajstić information content (AvgIpc) is 2.71. The van der Waals surface area contributed by atoms with Gasteiger partial charge >= 0.3 is 0 Å². The fraction of sp³-hybridized carbons (Fsp3) is 0.357. The van der Waals surface area contributed by atoms with Crippen LogP contribution in [0.15, 0.2) is 41.0 Å². The van der Waals surface area contributed by atoms with Crippen LogP contribution in [0.3, 0.4) is 0 Å². The lowest BCUT2D eigenvalue weighted by Gasteiger charge is -2.27. The molecule has 1 atom stereocenters. The molecule has 18 heavy (non-hydrogen) atoms. The van der Waals surface area contributed by atoms with Gasteiger partial charge in [0, 0.05) is 13.5 Å². The molecule has 0 aliphatic carbocycles. The Morgan fingerprint density at radius 1 is 1.33 bits per heavy atom. The first-order valence-electron chi connectivity index (χ1n) is 6.01. The predicted octanol–water partition coefficient (Wildman–Crippen LogP) is 3.02. The maximum absolute atomic E-state index is 10.9. The number of hydrogen-bond donors (Lipinski definition) is 1. The van der Waals surface area contributed by atoms with Gasteiger partial charge in [-0.2, -0.15) is 5.10 Å². The molecule has 1 unspecified atom stereocenters. The quantitative estimate of drug-likeness (QED) is 0.943. The third kappa shape index (κ3) is 2.49. The van der Waals surface area contributed by atoms with Gasteiger partial charge < -0.3 is 5.11 Å². The molecule has 0 saturated carbocycles. The van der Waals surface area contributed by atoms with Gasteiger partial charge in [-0.15, -0.1) is 0 Å². The number of aromatic nitrogens is 2. The van der Waals surface area contributed by atoms with Crippen molar-refractivity contribution < 1.29 is 5.11 Å². The zero-order valence-electron chi connectivity index (χ0n) is 10.6. The lowest BCUT2D eigenvalue weighted by atomic mass is 9.88. The molecule has 2 rings (SSSR count). The van der Waals surface area contributed by atoms with Gasteiger partial charge in [-0.25, -0.2) is 0 Å². The minimum Gasteiger partial charge on any atom is -0.383 e. The van der Waals surface area contributed by atoms with E-state index in [1.54, 1.807) is 10.9 Å². The molecule has 0 spiro atoms. The van der Waals surface area contributed by atoms with Crippen LogP contribution in [0.25, 0.3) is 0 Å². The molecular weight excluding hydrogens is 292 g/mol. The number of nitrogens with zero attached hydrogens (tertiary/aromatic N) is 2. The number of halogens is 1. The molecule has 1 aromatic heterocycles. The Balaban J connectivity index is 2.37. The van der Waals surface area contributed by atoms with Crippen molar-refractivity contribution in [2.75, 3.05) is 0 Å². The van der Waals surface area contributed by atoms with Gasteiger partial charge in [0.25, 0.3) is 0 Å². The summed E-state index contributed by atoms with van der Waals surface area (Å²) in [5.41, 5.74) is 1.05. The van der Waals surface area contributed by atoms with Gasteiger partial charge in [0.2, 0.25) is 0 Å². The number of rotatable bonds is 4. The maximum Gasteiger partial charge on any atom is 0.111 e. The number of aryl methyl sites for hydroxylation is 1. The normalized spacial score (nSPS) is 14.4. The van der Waals surface area contributed by atoms with E-state index in [1.807, 2.05) is 44.3 Å². The van der Waals surface area contributed by atoms with Crippen molar-refractivity contribution in [2.45, 2.75) is 25.4 Å². The first-order valence-corrected chi connectivity index (χ1v) is 6.80. The summed E-state index contributed by atoms with van der Waals surface area (Å²) in [4.78, 5) is 0. The summed E-state index contributed by atoms with van der Waals surface area (Å²) in [7, 11) is 1.85. The van der Waals surface area contributed by atoms with Crippen LogP contribution in [0.5, 0.6) is 0 Å². The third-order valence-corrected chi connectivity index (χ3v) is 3.84. The predicted molar refractivity (Wildman–Crippen MR) is 75.2 cm³/mol. The molecule has 4 heteroatoms. The molecule has 1 N–H and O–H groups in total. The Labute approximate surface area is 116 Å². The standard InChI is InChI=1S/C14H17BrN2O/c1-3-14(18,9-11-7-5-4-6-8-11)13-12(15)10-16-17(13)2/h4-8,10,18H,3,9H2,1-2H3. The van der Waals surface area contributed by atoms with E-state index in [2.05, 4.69) is 21.0 Å². The molecule has 0 radical (unpaired) electrons. The Bertz CT molecular complexity index is 504. The second-order valence-electron chi connectivity index (χ2n) is 4.51. The Morgan fingerprint density at radius 3 is 2.50 bits per heavy atom. The molecule has 0 bridgehead atoms. The molecule has 0 aliphatic rings. The van der Waals surface area contributed by atoms with Crippen molar-refractivity contribution in [1.29, 1.82) is 0 Å². The summed E-state index contributed by atoms with van der Waals surface area (Å²) in [5, 5.41) is 15.1. The Morgan fingerprint density at radius 2 is 2.00 bits per heavy atom. The van der Waals surface area contributed by atoms with E-state index < -0.39 is 5.60 Å². The second-order valence-corrected chi connectivity index (χ2v) is 5.37. The summed E-state index contributed by atoms with van der Waals surface area (Å²) in [6.45, 7) is 1.99. The first-order chi connectivity index (χ1) is 8.57. The molecule has 1 aromatic carbocycles. The minimum absolute atomic E-state index is 0.586. The van der Waals surface area contributed by atoms with E-state index in [1.165, 1.54) is 0 Å². The molecule has 0 aliphatic heterocycles. The van der Waals surface area contributed by atoms with Gasteiger partial charge in [0.15, 0.2) is 0 Å². The van der Waals surface area contributed by atoms with Crippen LogP contribution in [0.4, 0.5) is 0 Å². The van der Waals surface area contributed by atoms with Crippen LogP contribution in [-0.4, -0.2) is 14.9 Å². The summed E-state index contributed by atoms with van der Waals surface area (Å²) in [5.74, 6) is 0. The molecule has 96 valence electrons. The summed E-state index contributed by atoms with van der Waals surface area (Å²) >= 11 is 3.46. The zero-order valence-corrected chi connectivity index (χ0v) is 12.2.